The van der Waals surface area contributed by atoms with E-state index in [9.17, 15) is 13.2 Å². The van der Waals surface area contributed by atoms with Gasteiger partial charge >= 0.3 is 0 Å². The summed E-state index contributed by atoms with van der Waals surface area (Å²) in [5.74, 6) is 1.25. The van der Waals surface area contributed by atoms with Crippen molar-refractivity contribution in [3.05, 3.63) is 45.9 Å². The van der Waals surface area contributed by atoms with Gasteiger partial charge in [0, 0.05) is 17.9 Å². The number of benzene rings is 2. The van der Waals surface area contributed by atoms with Gasteiger partial charge in [-0.25, -0.2) is 13.1 Å². The summed E-state index contributed by atoms with van der Waals surface area (Å²) in [4.78, 5) is 13.7. The quantitative estimate of drug-likeness (QED) is 0.726. The summed E-state index contributed by atoms with van der Waals surface area (Å²) in [6.45, 7) is 2.15. The molecule has 1 amide bonds. The van der Waals surface area contributed by atoms with Crippen LogP contribution in [0.4, 0.5) is 5.69 Å². The molecule has 7 nitrogen and oxygen atoms in total. The molecule has 0 aromatic heterocycles. The van der Waals surface area contributed by atoms with Crippen LogP contribution >= 0.6 is 15.9 Å². The molecule has 154 valence electrons. The lowest BCUT2D eigenvalue weighted by molar-refractivity contribution is -0.116. The van der Waals surface area contributed by atoms with Crippen LogP contribution < -0.4 is 19.1 Å². The number of ether oxygens (including phenoxy) is 2. The topological polar surface area (TPSA) is 84.9 Å². The Hall–Kier alpha value is -2.10. The monoisotopic (exact) mass is 480 g/mol. The lowest BCUT2D eigenvalue weighted by Gasteiger charge is -2.27. The Labute approximate surface area is 178 Å². The minimum absolute atomic E-state index is 0.103. The molecule has 2 aliphatic rings. The number of nitrogens with one attached hydrogen (secondary N) is 1. The number of halogens is 1. The fraction of sp³-hybridized carbons (Fsp3) is 0.350. The molecule has 0 saturated heterocycles. The van der Waals surface area contributed by atoms with Gasteiger partial charge < -0.3 is 14.4 Å². The van der Waals surface area contributed by atoms with Crippen molar-refractivity contribution >= 4 is 37.5 Å². The molecule has 2 aromatic rings. The van der Waals surface area contributed by atoms with Crippen molar-refractivity contribution in [1.29, 1.82) is 0 Å². The maximum absolute atomic E-state index is 13.3. The highest BCUT2D eigenvalue weighted by atomic mass is 79.9. The summed E-state index contributed by atoms with van der Waals surface area (Å²) in [6, 6.07) is 8.47. The molecule has 2 aliphatic heterocycles. The standard InChI is InChI=1S/C20H21BrN2O5S/c1-12(24)23-6-5-13-7-15(21)10-19(20(13)23)29(25,26)22-16-8-14-9-17(27-2)3-4-18(14)28-11-16/h3-4,7,9-10,16,22H,5-6,8,11H2,1-2H3/t16-/m0/s1. The smallest absolute Gasteiger partial charge is 0.243 e. The zero-order valence-electron chi connectivity index (χ0n) is 16.1. The first-order chi connectivity index (χ1) is 13.8. The minimum Gasteiger partial charge on any atom is -0.497 e. The number of rotatable bonds is 4. The second kappa shape index (κ2) is 7.62. The van der Waals surface area contributed by atoms with Gasteiger partial charge in [0.2, 0.25) is 15.9 Å². The number of anilines is 1. The number of carbonyl (C=O) groups is 1. The fourth-order valence-electron chi connectivity index (χ4n) is 3.85. The van der Waals surface area contributed by atoms with Crippen molar-refractivity contribution in [3.63, 3.8) is 0 Å². The summed E-state index contributed by atoms with van der Waals surface area (Å²) in [6.07, 6.45) is 1.11. The summed E-state index contributed by atoms with van der Waals surface area (Å²) in [5, 5.41) is 0. The van der Waals surface area contributed by atoms with Crippen molar-refractivity contribution < 1.29 is 22.7 Å². The lowest BCUT2D eigenvalue weighted by atomic mass is 10.0. The number of hydrogen-bond donors (Lipinski definition) is 1. The van der Waals surface area contributed by atoms with Crippen LogP contribution in [0.3, 0.4) is 0 Å². The van der Waals surface area contributed by atoms with Gasteiger partial charge in [-0.1, -0.05) is 15.9 Å². The van der Waals surface area contributed by atoms with Crippen LogP contribution in [0.5, 0.6) is 11.5 Å². The molecule has 0 fully saturated rings. The van der Waals surface area contributed by atoms with Gasteiger partial charge in [-0.2, -0.15) is 0 Å². The van der Waals surface area contributed by atoms with E-state index < -0.39 is 16.1 Å². The average molecular weight is 481 g/mol. The van der Waals surface area contributed by atoms with E-state index in [4.69, 9.17) is 9.47 Å². The number of carbonyl (C=O) groups excluding carboxylic acids is 1. The summed E-state index contributed by atoms with van der Waals surface area (Å²) in [5.41, 5.74) is 2.19. The van der Waals surface area contributed by atoms with E-state index >= 15 is 0 Å². The minimum atomic E-state index is -3.88. The molecule has 0 radical (unpaired) electrons. The Balaban J connectivity index is 1.64. The van der Waals surface area contributed by atoms with Crippen molar-refractivity contribution in [2.24, 2.45) is 0 Å². The van der Waals surface area contributed by atoms with Gasteiger partial charge in [-0.05, 0) is 54.3 Å². The van der Waals surface area contributed by atoms with Crippen LogP contribution in [-0.4, -0.2) is 40.6 Å². The van der Waals surface area contributed by atoms with Gasteiger partial charge in [0.05, 0.1) is 18.8 Å². The average Bonchev–Trinajstić information content (AvgIpc) is 3.10. The number of fused-ring (bicyclic) bond motifs is 2. The van der Waals surface area contributed by atoms with E-state index in [0.29, 0.717) is 35.3 Å². The second-order valence-corrected chi connectivity index (χ2v) is 9.74. The van der Waals surface area contributed by atoms with Crippen molar-refractivity contribution in [2.75, 3.05) is 25.2 Å². The third-order valence-electron chi connectivity index (χ3n) is 5.16. The molecular weight excluding hydrogens is 460 g/mol. The van der Waals surface area contributed by atoms with Crippen molar-refractivity contribution in [2.45, 2.75) is 30.7 Å². The Morgan fingerprint density at radius 3 is 2.79 bits per heavy atom. The Morgan fingerprint density at radius 1 is 1.28 bits per heavy atom. The third-order valence-corrected chi connectivity index (χ3v) is 7.15. The highest BCUT2D eigenvalue weighted by Gasteiger charge is 2.33. The zero-order chi connectivity index (χ0) is 20.8. The molecule has 1 atom stereocenters. The van der Waals surface area contributed by atoms with E-state index in [-0.39, 0.29) is 17.4 Å². The van der Waals surface area contributed by atoms with E-state index in [1.54, 1.807) is 13.2 Å². The molecule has 2 aromatic carbocycles. The summed E-state index contributed by atoms with van der Waals surface area (Å²) < 4.78 is 40.9. The number of hydrogen-bond acceptors (Lipinski definition) is 5. The molecule has 1 N–H and O–H groups in total. The number of methoxy groups -OCH3 is 1. The molecule has 29 heavy (non-hydrogen) atoms. The Bertz CT molecular complexity index is 1090. The molecule has 0 aliphatic carbocycles. The molecule has 0 spiro atoms. The predicted molar refractivity (Wildman–Crippen MR) is 112 cm³/mol. The van der Waals surface area contributed by atoms with Gasteiger partial charge in [0.1, 0.15) is 23.0 Å². The Kier molecular flexibility index (Phi) is 5.30. The fourth-order valence-corrected chi connectivity index (χ4v) is 6.00. The Morgan fingerprint density at radius 2 is 2.07 bits per heavy atom. The molecular formula is C20H21BrN2O5S. The largest absolute Gasteiger partial charge is 0.497 e. The second-order valence-electron chi connectivity index (χ2n) is 7.14. The van der Waals surface area contributed by atoms with Crippen LogP contribution in [0.1, 0.15) is 18.1 Å². The van der Waals surface area contributed by atoms with Gasteiger partial charge in [0.25, 0.3) is 0 Å². The highest BCUT2D eigenvalue weighted by Crippen LogP contribution is 2.38. The van der Waals surface area contributed by atoms with Crippen LogP contribution in [0.25, 0.3) is 0 Å². The summed E-state index contributed by atoms with van der Waals surface area (Å²) in [7, 11) is -2.29. The van der Waals surface area contributed by atoms with E-state index in [2.05, 4.69) is 20.7 Å². The normalized spacial score (nSPS) is 18.0. The maximum Gasteiger partial charge on any atom is 0.243 e. The van der Waals surface area contributed by atoms with Crippen molar-refractivity contribution in [1.82, 2.24) is 4.72 Å². The molecule has 2 heterocycles. The van der Waals surface area contributed by atoms with Crippen molar-refractivity contribution in [3.8, 4) is 11.5 Å². The number of amides is 1. The zero-order valence-corrected chi connectivity index (χ0v) is 18.5. The first-order valence-electron chi connectivity index (χ1n) is 9.21. The van der Waals surface area contributed by atoms with Gasteiger partial charge in [-0.3, -0.25) is 4.79 Å². The summed E-state index contributed by atoms with van der Waals surface area (Å²) >= 11 is 3.39. The molecule has 0 unspecified atom stereocenters. The SMILES string of the molecule is COc1ccc2c(c1)C[C@H](NS(=O)(=O)c1cc(Br)cc3c1N(C(C)=O)CC3)CO2. The molecule has 9 heteroatoms. The first-order valence-corrected chi connectivity index (χ1v) is 11.5. The predicted octanol–water partition coefficient (Wildman–Crippen LogP) is 2.65. The first kappa shape index (κ1) is 20.2. The highest BCUT2D eigenvalue weighted by molar-refractivity contribution is 9.10. The number of nitrogens with zero attached hydrogens (tertiary/aromatic N) is 1. The molecule has 0 saturated carbocycles. The lowest BCUT2D eigenvalue weighted by Crippen LogP contribution is -2.43. The van der Waals surface area contributed by atoms with Crippen LogP contribution in [0.15, 0.2) is 39.7 Å². The van der Waals surface area contributed by atoms with Crippen LogP contribution in [0, 0.1) is 0 Å². The number of sulfonamides is 1. The maximum atomic E-state index is 13.3. The van der Waals surface area contributed by atoms with E-state index in [1.165, 1.54) is 11.8 Å². The van der Waals surface area contributed by atoms with Crippen LogP contribution in [0.2, 0.25) is 0 Å². The molecule has 4 rings (SSSR count). The van der Waals surface area contributed by atoms with E-state index in [0.717, 1.165) is 16.9 Å². The van der Waals surface area contributed by atoms with Crippen LogP contribution in [-0.2, 0) is 27.7 Å². The van der Waals surface area contributed by atoms with Gasteiger partial charge in [-0.15, -0.1) is 0 Å². The van der Waals surface area contributed by atoms with E-state index in [1.807, 2.05) is 24.3 Å². The third kappa shape index (κ3) is 3.86. The van der Waals surface area contributed by atoms with Gasteiger partial charge in [0.15, 0.2) is 0 Å². The molecule has 0 bridgehead atoms.